The van der Waals surface area contributed by atoms with Crippen LogP contribution in [0.1, 0.15) is 62.3 Å². The molecule has 0 spiro atoms. The summed E-state index contributed by atoms with van der Waals surface area (Å²) in [5.74, 6) is 0.593. The molecule has 19 heavy (non-hydrogen) atoms. The number of nitrogens with two attached hydrogens (primary N) is 1. The molecule has 112 valence electrons. The molecule has 0 aliphatic heterocycles. The summed E-state index contributed by atoms with van der Waals surface area (Å²) in [6.45, 7) is 19.4. The maximum atomic E-state index is 12.9. The largest absolute Gasteiger partial charge is 0.330 e. The van der Waals surface area contributed by atoms with E-state index in [4.69, 9.17) is 5.73 Å². The van der Waals surface area contributed by atoms with Crippen LogP contribution in [0.5, 0.6) is 0 Å². The number of carbonyl (C=O) groups excluding carboxylic acids is 1. The molecule has 0 radical (unpaired) electrons. The van der Waals surface area contributed by atoms with Crippen LogP contribution in [0.3, 0.4) is 0 Å². The lowest BCUT2D eigenvalue weighted by atomic mass is 9.52. The fraction of sp³-hybridized carbons (Fsp3) is 0.824. The zero-order chi connectivity index (χ0) is 15.6. The van der Waals surface area contributed by atoms with E-state index in [1.165, 1.54) is 0 Å². The summed E-state index contributed by atoms with van der Waals surface area (Å²) in [7, 11) is 0. The van der Waals surface area contributed by atoms with Gasteiger partial charge < -0.3 is 5.73 Å². The average molecular weight is 267 g/mol. The van der Waals surface area contributed by atoms with Crippen LogP contribution in [0.15, 0.2) is 11.6 Å². The molecule has 1 atom stereocenters. The van der Waals surface area contributed by atoms with Crippen molar-refractivity contribution in [3.63, 3.8) is 0 Å². The van der Waals surface area contributed by atoms with E-state index in [2.05, 4.69) is 55.4 Å². The molecular weight excluding hydrogens is 234 g/mol. The van der Waals surface area contributed by atoms with Gasteiger partial charge in [-0.2, -0.15) is 0 Å². The summed E-state index contributed by atoms with van der Waals surface area (Å²) in [5, 5.41) is 0. The minimum absolute atomic E-state index is 0.138. The molecule has 0 aromatic carbocycles. The number of hydrogen-bond acceptors (Lipinski definition) is 2. The molecule has 0 saturated heterocycles. The maximum Gasteiger partial charge on any atom is 0.162 e. The predicted molar refractivity (Wildman–Crippen MR) is 84.0 cm³/mol. The molecular formula is C17H33NO. The number of allylic oxidation sites excluding steroid dienone is 2. The minimum Gasteiger partial charge on any atom is -0.330 e. The number of rotatable bonds is 5. The van der Waals surface area contributed by atoms with E-state index in [-0.39, 0.29) is 16.6 Å². The minimum atomic E-state index is -0.481. The Morgan fingerprint density at radius 1 is 1.11 bits per heavy atom. The second-order valence-corrected chi connectivity index (χ2v) is 7.87. The molecule has 2 heteroatoms. The van der Waals surface area contributed by atoms with Gasteiger partial charge in [-0.1, -0.05) is 61.0 Å². The Bertz CT molecular complexity index is 358. The Kier molecular flexibility index (Phi) is 5.59. The van der Waals surface area contributed by atoms with E-state index in [9.17, 15) is 4.79 Å². The van der Waals surface area contributed by atoms with Gasteiger partial charge in [-0.15, -0.1) is 0 Å². The molecule has 0 aromatic heterocycles. The van der Waals surface area contributed by atoms with Gasteiger partial charge in [0, 0.05) is 5.41 Å². The monoisotopic (exact) mass is 267 g/mol. The Morgan fingerprint density at radius 2 is 1.53 bits per heavy atom. The SMILES string of the molecule is CC(=CC(=O)C(C)(C(C)(C)C)C(C)(C)CN)C(C)C. The first kappa shape index (κ1) is 18.4. The highest BCUT2D eigenvalue weighted by molar-refractivity contribution is 5.96. The number of hydrogen-bond donors (Lipinski definition) is 1. The lowest BCUT2D eigenvalue weighted by molar-refractivity contribution is -0.139. The van der Waals surface area contributed by atoms with Crippen molar-refractivity contribution < 1.29 is 4.79 Å². The molecule has 0 saturated carbocycles. The molecule has 0 heterocycles. The van der Waals surface area contributed by atoms with Gasteiger partial charge in [-0.05, 0) is 36.3 Å². The van der Waals surface area contributed by atoms with Crippen LogP contribution in [-0.2, 0) is 4.79 Å². The van der Waals surface area contributed by atoms with Crippen molar-refractivity contribution in [3.05, 3.63) is 11.6 Å². The smallest absolute Gasteiger partial charge is 0.162 e. The molecule has 0 fully saturated rings. The Morgan fingerprint density at radius 3 is 1.79 bits per heavy atom. The Balaban J connectivity index is 5.81. The normalized spacial score (nSPS) is 17.5. The van der Waals surface area contributed by atoms with E-state index in [0.29, 0.717) is 12.5 Å². The second kappa shape index (κ2) is 5.78. The number of ketones is 1. The summed E-state index contributed by atoms with van der Waals surface area (Å²) in [6.07, 6.45) is 1.83. The first-order chi connectivity index (χ1) is 8.31. The molecule has 0 aromatic rings. The zero-order valence-electron chi connectivity index (χ0n) is 14.3. The van der Waals surface area contributed by atoms with Crippen LogP contribution in [0, 0.1) is 22.2 Å². The third-order valence-corrected chi connectivity index (χ3v) is 5.13. The van der Waals surface area contributed by atoms with Crippen LogP contribution in [0.4, 0.5) is 0 Å². The summed E-state index contributed by atoms with van der Waals surface area (Å²) < 4.78 is 0. The highest BCUT2D eigenvalue weighted by atomic mass is 16.1. The molecule has 0 rings (SSSR count). The molecule has 0 aliphatic carbocycles. The van der Waals surface area contributed by atoms with Crippen LogP contribution in [0.2, 0.25) is 0 Å². The van der Waals surface area contributed by atoms with Crippen molar-refractivity contribution in [2.45, 2.75) is 62.3 Å². The van der Waals surface area contributed by atoms with Gasteiger partial charge in [0.1, 0.15) is 0 Å². The summed E-state index contributed by atoms with van der Waals surface area (Å²) in [4.78, 5) is 12.9. The van der Waals surface area contributed by atoms with Crippen molar-refractivity contribution >= 4 is 5.78 Å². The molecule has 2 nitrogen and oxygen atoms in total. The zero-order valence-corrected chi connectivity index (χ0v) is 14.3. The molecule has 1 unspecified atom stereocenters. The highest BCUT2D eigenvalue weighted by Gasteiger charge is 2.52. The molecule has 0 amide bonds. The lowest BCUT2D eigenvalue weighted by Crippen LogP contribution is -2.53. The standard InChI is InChI=1S/C17H33NO/c1-12(2)13(3)10-14(19)17(9,15(4,5)6)16(7,8)11-18/h10,12H,11,18H2,1-9H3. The molecule has 0 bridgehead atoms. The Hall–Kier alpha value is -0.630. The Labute approximate surface area is 119 Å². The topological polar surface area (TPSA) is 43.1 Å². The van der Waals surface area contributed by atoms with Crippen LogP contribution < -0.4 is 5.73 Å². The van der Waals surface area contributed by atoms with Gasteiger partial charge in [0.05, 0.1) is 0 Å². The van der Waals surface area contributed by atoms with E-state index >= 15 is 0 Å². The summed E-state index contributed by atoms with van der Waals surface area (Å²) in [5.41, 5.74) is 6.22. The van der Waals surface area contributed by atoms with E-state index < -0.39 is 5.41 Å². The van der Waals surface area contributed by atoms with Crippen molar-refractivity contribution in [2.24, 2.45) is 27.9 Å². The van der Waals surface area contributed by atoms with E-state index in [0.717, 1.165) is 5.57 Å². The third-order valence-electron chi connectivity index (χ3n) is 5.13. The van der Waals surface area contributed by atoms with Gasteiger partial charge in [0.2, 0.25) is 0 Å². The van der Waals surface area contributed by atoms with E-state index in [1.54, 1.807) is 0 Å². The van der Waals surface area contributed by atoms with Gasteiger partial charge in [0.25, 0.3) is 0 Å². The third kappa shape index (κ3) is 3.47. The predicted octanol–water partition coefficient (Wildman–Crippen LogP) is 4.20. The fourth-order valence-electron chi connectivity index (χ4n) is 2.44. The van der Waals surface area contributed by atoms with E-state index in [1.807, 2.05) is 13.0 Å². The maximum absolute atomic E-state index is 12.9. The van der Waals surface area contributed by atoms with Crippen molar-refractivity contribution in [3.8, 4) is 0 Å². The summed E-state index contributed by atoms with van der Waals surface area (Å²) >= 11 is 0. The average Bonchev–Trinajstić information content (AvgIpc) is 2.25. The summed E-state index contributed by atoms with van der Waals surface area (Å²) in [6, 6.07) is 0. The van der Waals surface area contributed by atoms with Crippen LogP contribution in [-0.4, -0.2) is 12.3 Å². The van der Waals surface area contributed by atoms with Crippen LogP contribution in [0.25, 0.3) is 0 Å². The lowest BCUT2D eigenvalue weighted by Gasteiger charge is -2.51. The number of carbonyl (C=O) groups is 1. The van der Waals surface area contributed by atoms with Crippen molar-refractivity contribution in [1.82, 2.24) is 0 Å². The molecule has 2 N–H and O–H groups in total. The van der Waals surface area contributed by atoms with Gasteiger partial charge in [0.15, 0.2) is 5.78 Å². The highest BCUT2D eigenvalue weighted by Crippen LogP contribution is 2.52. The fourth-order valence-corrected chi connectivity index (χ4v) is 2.44. The first-order valence-corrected chi connectivity index (χ1v) is 7.24. The van der Waals surface area contributed by atoms with Gasteiger partial charge in [-0.3, -0.25) is 4.79 Å². The van der Waals surface area contributed by atoms with Gasteiger partial charge in [-0.25, -0.2) is 0 Å². The first-order valence-electron chi connectivity index (χ1n) is 7.24. The van der Waals surface area contributed by atoms with Gasteiger partial charge >= 0.3 is 0 Å². The van der Waals surface area contributed by atoms with Crippen molar-refractivity contribution in [1.29, 1.82) is 0 Å². The van der Waals surface area contributed by atoms with Crippen LogP contribution >= 0.6 is 0 Å². The molecule has 0 aliphatic rings. The quantitative estimate of drug-likeness (QED) is 0.759. The van der Waals surface area contributed by atoms with Crippen molar-refractivity contribution in [2.75, 3.05) is 6.54 Å². The second-order valence-electron chi connectivity index (χ2n) is 7.87.